The SMILES string of the molecule is CC1Cc2ccccc2N1CCCNC(=S)Nc1cccnc1. The normalized spacial score (nSPS) is 16.0. The third-order valence-electron chi connectivity index (χ3n) is 4.13. The zero-order valence-electron chi connectivity index (χ0n) is 13.3. The van der Waals surface area contributed by atoms with Crippen LogP contribution in [0.5, 0.6) is 0 Å². The standard InChI is InChI=1S/C18H22N4S/c1-14-12-15-6-2-3-8-17(15)22(14)11-5-10-20-18(23)21-16-7-4-9-19-13-16/h2-4,6-9,13-14H,5,10-12H2,1H3,(H2,20,21,23). The van der Waals surface area contributed by atoms with Gasteiger partial charge in [0.1, 0.15) is 0 Å². The zero-order valence-corrected chi connectivity index (χ0v) is 14.1. The minimum Gasteiger partial charge on any atom is -0.368 e. The van der Waals surface area contributed by atoms with Gasteiger partial charge in [-0.15, -0.1) is 0 Å². The van der Waals surface area contributed by atoms with Crippen LogP contribution in [-0.2, 0) is 6.42 Å². The summed E-state index contributed by atoms with van der Waals surface area (Å²) in [6, 6.07) is 13.1. The maximum Gasteiger partial charge on any atom is 0.170 e. The third kappa shape index (κ3) is 3.99. The topological polar surface area (TPSA) is 40.2 Å². The molecule has 4 nitrogen and oxygen atoms in total. The molecule has 120 valence electrons. The summed E-state index contributed by atoms with van der Waals surface area (Å²) < 4.78 is 0. The average Bonchev–Trinajstić information content (AvgIpc) is 2.88. The van der Waals surface area contributed by atoms with E-state index in [2.05, 4.69) is 51.7 Å². The highest BCUT2D eigenvalue weighted by Gasteiger charge is 2.24. The molecule has 1 unspecified atom stereocenters. The van der Waals surface area contributed by atoms with Gasteiger partial charge in [0.15, 0.2) is 5.11 Å². The monoisotopic (exact) mass is 326 g/mol. The molecule has 2 aromatic rings. The first-order chi connectivity index (χ1) is 11.2. The lowest BCUT2D eigenvalue weighted by Gasteiger charge is -2.25. The van der Waals surface area contributed by atoms with Crippen molar-refractivity contribution in [3.8, 4) is 0 Å². The molecule has 1 aromatic carbocycles. The fourth-order valence-corrected chi connectivity index (χ4v) is 3.25. The summed E-state index contributed by atoms with van der Waals surface area (Å²) >= 11 is 5.31. The molecule has 0 saturated heterocycles. The van der Waals surface area contributed by atoms with E-state index in [0.717, 1.165) is 31.6 Å². The van der Waals surface area contributed by atoms with Gasteiger partial charge in [0.25, 0.3) is 0 Å². The minimum atomic E-state index is 0.577. The van der Waals surface area contributed by atoms with Gasteiger partial charge in [-0.05, 0) is 55.7 Å². The summed E-state index contributed by atoms with van der Waals surface area (Å²) in [5.41, 5.74) is 3.75. The number of aromatic nitrogens is 1. The van der Waals surface area contributed by atoms with E-state index in [1.165, 1.54) is 11.3 Å². The molecule has 1 aliphatic heterocycles. The number of hydrogen-bond donors (Lipinski definition) is 2. The number of fused-ring (bicyclic) bond motifs is 1. The number of rotatable bonds is 5. The van der Waals surface area contributed by atoms with Crippen LogP contribution in [0.1, 0.15) is 18.9 Å². The second-order valence-electron chi connectivity index (χ2n) is 5.85. The van der Waals surface area contributed by atoms with Crippen LogP contribution in [0.4, 0.5) is 11.4 Å². The first-order valence-corrected chi connectivity index (χ1v) is 8.44. The molecule has 2 N–H and O–H groups in total. The highest BCUT2D eigenvalue weighted by Crippen LogP contribution is 2.31. The number of para-hydroxylation sites is 1. The van der Waals surface area contributed by atoms with E-state index in [0.29, 0.717) is 11.2 Å². The van der Waals surface area contributed by atoms with Crippen LogP contribution >= 0.6 is 12.2 Å². The van der Waals surface area contributed by atoms with Crippen molar-refractivity contribution >= 4 is 28.7 Å². The van der Waals surface area contributed by atoms with Crippen molar-refractivity contribution in [1.29, 1.82) is 0 Å². The van der Waals surface area contributed by atoms with E-state index >= 15 is 0 Å². The van der Waals surface area contributed by atoms with E-state index in [9.17, 15) is 0 Å². The van der Waals surface area contributed by atoms with Crippen LogP contribution in [0.2, 0.25) is 0 Å². The van der Waals surface area contributed by atoms with Gasteiger partial charge in [0, 0.05) is 31.0 Å². The molecule has 0 amide bonds. The second kappa shape index (κ2) is 7.42. The Morgan fingerprint density at radius 3 is 3.00 bits per heavy atom. The van der Waals surface area contributed by atoms with Gasteiger partial charge in [-0.25, -0.2) is 0 Å². The van der Waals surface area contributed by atoms with Gasteiger partial charge < -0.3 is 15.5 Å². The Bertz CT molecular complexity index is 659. The molecule has 1 aromatic heterocycles. The Morgan fingerprint density at radius 1 is 1.30 bits per heavy atom. The summed E-state index contributed by atoms with van der Waals surface area (Å²) in [6.45, 7) is 4.19. The summed E-state index contributed by atoms with van der Waals surface area (Å²) in [4.78, 5) is 6.55. The minimum absolute atomic E-state index is 0.577. The van der Waals surface area contributed by atoms with Crippen molar-refractivity contribution in [3.63, 3.8) is 0 Å². The van der Waals surface area contributed by atoms with Gasteiger partial charge in [0.2, 0.25) is 0 Å². The van der Waals surface area contributed by atoms with Gasteiger partial charge in [0.05, 0.1) is 11.9 Å². The lowest BCUT2D eigenvalue weighted by molar-refractivity contribution is 0.641. The number of anilines is 2. The quantitative estimate of drug-likeness (QED) is 0.652. The zero-order chi connectivity index (χ0) is 16.1. The number of nitrogens with zero attached hydrogens (tertiary/aromatic N) is 2. The summed E-state index contributed by atoms with van der Waals surface area (Å²) in [7, 11) is 0. The predicted molar refractivity (Wildman–Crippen MR) is 100 cm³/mol. The molecule has 2 heterocycles. The van der Waals surface area contributed by atoms with Crippen LogP contribution in [0.15, 0.2) is 48.8 Å². The van der Waals surface area contributed by atoms with Crippen molar-refractivity contribution in [2.45, 2.75) is 25.8 Å². The van der Waals surface area contributed by atoms with Gasteiger partial charge in [-0.1, -0.05) is 18.2 Å². The predicted octanol–water partition coefficient (Wildman–Crippen LogP) is 3.21. The van der Waals surface area contributed by atoms with Crippen LogP contribution in [-0.4, -0.2) is 29.2 Å². The van der Waals surface area contributed by atoms with Crippen molar-refractivity contribution < 1.29 is 0 Å². The van der Waals surface area contributed by atoms with E-state index < -0.39 is 0 Å². The van der Waals surface area contributed by atoms with Gasteiger partial charge in [-0.3, -0.25) is 4.98 Å². The first-order valence-electron chi connectivity index (χ1n) is 8.03. The highest BCUT2D eigenvalue weighted by atomic mass is 32.1. The van der Waals surface area contributed by atoms with E-state index in [-0.39, 0.29) is 0 Å². The van der Waals surface area contributed by atoms with E-state index in [1.54, 1.807) is 12.4 Å². The second-order valence-corrected chi connectivity index (χ2v) is 6.26. The molecule has 0 spiro atoms. The lowest BCUT2D eigenvalue weighted by Crippen LogP contribution is -2.34. The molecular weight excluding hydrogens is 304 g/mol. The smallest absolute Gasteiger partial charge is 0.170 e. The van der Waals surface area contributed by atoms with Crippen molar-refractivity contribution in [3.05, 3.63) is 54.4 Å². The van der Waals surface area contributed by atoms with E-state index in [4.69, 9.17) is 12.2 Å². The lowest BCUT2D eigenvalue weighted by atomic mass is 10.1. The van der Waals surface area contributed by atoms with Crippen molar-refractivity contribution in [1.82, 2.24) is 10.3 Å². The summed E-state index contributed by atoms with van der Waals surface area (Å²) in [6.07, 6.45) is 5.70. The Hall–Kier alpha value is -2.14. The molecule has 0 aliphatic carbocycles. The summed E-state index contributed by atoms with van der Waals surface area (Å²) in [5, 5.41) is 7.04. The van der Waals surface area contributed by atoms with E-state index in [1.807, 2.05) is 12.1 Å². The molecule has 0 radical (unpaired) electrons. The third-order valence-corrected chi connectivity index (χ3v) is 4.38. The molecule has 1 atom stereocenters. The highest BCUT2D eigenvalue weighted by molar-refractivity contribution is 7.80. The Balaban J connectivity index is 1.43. The van der Waals surface area contributed by atoms with Crippen molar-refractivity contribution in [2.75, 3.05) is 23.3 Å². The maximum absolute atomic E-state index is 5.31. The van der Waals surface area contributed by atoms with Crippen LogP contribution in [0.25, 0.3) is 0 Å². The number of thiocarbonyl (C=S) groups is 1. The molecule has 0 bridgehead atoms. The number of hydrogen-bond acceptors (Lipinski definition) is 3. The van der Waals surface area contributed by atoms with Gasteiger partial charge in [-0.2, -0.15) is 0 Å². The first kappa shape index (κ1) is 15.7. The molecule has 3 rings (SSSR count). The van der Waals surface area contributed by atoms with Crippen LogP contribution in [0, 0.1) is 0 Å². The molecule has 1 aliphatic rings. The summed E-state index contributed by atoms with van der Waals surface area (Å²) in [5.74, 6) is 0. The Morgan fingerprint density at radius 2 is 2.17 bits per heavy atom. The molecule has 5 heteroatoms. The molecular formula is C18H22N4S. The molecule has 0 saturated carbocycles. The number of nitrogens with one attached hydrogen (secondary N) is 2. The maximum atomic E-state index is 5.31. The fourth-order valence-electron chi connectivity index (χ4n) is 3.03. The Kier molecular flexibility index (Phi) is 5.08. The molecule has 23 heavy (non-hydrogen) atoms. The average molecular weight is 326 g/mol. The van der Waals surface area contributed by atoms with Crippen molar-refractivity contribution in [2.24, 2.45) is 0 Å². The van der Waals surface area contributed by atoms with Gasteiger partial charge >= 0.3 is 0 Å². The van der Waals surface area contributed by atoms with Crippen LogP contribution in [0.3, 0.4) is 0 Å². The Labute approximate surface area is 142 Å². The number of pyridine rings is 1. The largest absolute Gasteiger partial charge is 0.368 e. The molecule has 0 fully saturated rings. The number of benzene rings is 1. The fraction of sp³-hybridized carbons (Fsp3) is 0.333. The van der Waals surface area contributed by atoms with Crippen LogP contribution < -0.4 is 15.5 Å².